The molecule has 105 heavy (non-hydrogen) atoms. The lowest BCUT2D eigenvalue weighted by Gasteiger charge is -2.16. The maximum absolute atomic E-state index is 13.7. The van der Waals surface area contributed by atoms with Crippen LogP contribution in [0.4, 0.5) is 86.9 Å². The number of ether oxygens (including phenoxy) is 2. The van der Waals surface area contributed by atoms with E-state index in [0.717, 1.165) is 26.4 Å². The molecule has 2 heterocycles. The number of aliphatic hydroxyl groups is 2. The minimum atomic E-state index is -4.43. The standard InChI is InChI=1S/C63H59N17O21S4/c1-33(83)97-43-12-8-11-42(30-43)78-80-53-49(103-101-99-94-4)29-37-27-45(105(90,91)96-6)32-47(51(37)55(53)85)69-62-73-58(64-21-23-81)71-60(75-62)67-39-15-13-34(14-16-39)56(86)66-38-17-19-40(20-18-38)68-61-72-59(65-22-24-82)74-63(76-61)70-46-31-44(104(88,89)95-5)26-36-28-48(102-100-98-93-3)52(54(84)50(36)46)79-77-41-10-7-9-35(25-41)57(87)92-2/h7-20,25-32,81-82,84-85H,21-24H2,1-6H3,(H,66,86)(H3,64,67,69,71,73,75)(H3,65,68,70,72,74,76). The van der Waals surface area contributed by atoms with Gasteiger partial charge in [0.05, 0.1) is 121 Å². The minimum Gasteiger partial charge on any atom is -0.505 e. The van der Waals surface area contributed by atoms with Gasteiger partial charge in [0.25, 0.3) is 26.1 Å². The normalized spacial score (nSPS) is 11.7. The molecule has 0 fully saturated rings. The van der Waals surface area contributed by atoms with Gasteiger partial charge in [-0.2, -0.15) is 57.0 Å². The van der Waals surface area contributed by atoms with E-state index in [9.17, 15) is 51.6 Å². The zero-order valence-corrected chi connectivity index (χ0v) is 58.6. The quantitative estimate of drug-likeness (QED) is 0.00261. The van der Waals surface area contributed by atoms with Crippen molar-refractivity contribution in [2.75, 3.05) is 99.1 Å². The third-order valence-electron chi connectivity index (χ3n) is 13.9. The Balaban J connectivity index is 0.886. The number of phenolic OH excluding ortho intramolecular Hbond substituents is 2. The number of methoxy groups -OCH3 is 1. The molecule has 2 aromatic heterocycles. The summed E-state index contributed by atoms with van der Waals surface area (Å²) in [5.41, 5.74) is 1.26. The van der Waals surface area contributed by atoms with Gasteiger partial charge in [-0.3, -0.25) is 18.0 Å². The van der Waals surface area contributed by atoms with E-state index >= 15 is 0 Å². The Morgan fingerprint density at radius 1 is 0.495 bits per heavy atom. The molecule has 0 spiro atoms. The van der Waals surface area contributed by atoms with E-state index in [1.807, 2.05) is 0 Å². The molecule has 10 rings (SSSR count). The van der Waals surface area contributed by atoms with Gasteiger partial charge in [0.2, 0.25) is 35.7 Å². The second-order valence-corrected chi connectivity index (χ2v) is 25.8. The summed E-state index contributed by atoms with van der Waals surface area (Å²) >= 11 is 1.05. The Kier molecular flexibility index (Phi) is 25.5. The molecule has 0 radical (unpaired) electrons. The Morgan fingerprint density at radius 3 is 1.38 bits per heavy atom. The van der Waals surface area contributed by atoms with Crippen molar-refractivity contribution in [3.63, 3.8) is 0 Å². The molecule has 11 N–H and O–H groups in total. The van der Waals surface area contributed by atoms with Crippen LogP contribution in [0.25, 0.3) is 21.5 Å². The number of phenols is 2. The Labute approximate surface area is 603 Å². The number of carbonyl (C=O) groups excluding carboxylic acids is 3. The number of aliphatic hydroxyl groups excluding tert-OH is 2. The van der Waals surface area contributed by atoms with Gasteiger partial charge in [0.1, 0.15) is 17.1 Å². The first kappa shape index (κ1) is 76.2. The summed E-state index contributed by atoms with van der Waals surface area (Å²) in [4.78, 5) is 72.9. The molecule has 10 aromatic rings. The molecule has 42 heteroatoms. The third kappa shape index (κ3) is 19.6. The fourth-order valence-electron chi connectivity index (χ4n) is 9.39. The Morgan fingerprint density at radius 2 is 0.933 bits per heavy atom. The van der Waals surface area contributed by atoms with E-state index in [0.29, 0.717) is 41.1 Å². The predicted octanol–water partition coefficient (Wildman–Crippen LogP) is 11.1. The molecular formula is C63H59N17O21S4. The van der Waals surface area contributed by atoms with Gasteiger partial charge in [-0.15, -0.1) is 18.9 Å². The number of hydrogen-bond acceptors (Lipinski definition) is 39. The SMILES string of the molecule is COOOSc1cc2cc(S(=O)(=O)OC)cc(Nc3nc(NCCO)nc(Nc4ccc(C(=O)Nc5ccc(Nc6nc(NCCO)nc(Nc7cc(S(=O)(=O)OC)cc8cc(SOOOC)c(N=Nc9cccc(C(=O)OC)c9)c(O)c78)n6)cc5)cc4)n3)c2c(O)c1N=Nc1cccc(OC(C)=O)c1. The first-order valence-electron chi connectivity index (χ1n) is 30.1. The van der Waals surface area contributed by atoms with Gasteiger partial charge in [0, 0.05) is 59.5 Å². The molecule has 1 amide bonds. The van der Waals surface area contributed by atoms with Crippen LogP contribution in [-0.4, -0.2) is 147 Å². The number of fused-ring (bicyclic) bond motifs is 2. The molecule has 0 saturated carbocycles. The van der Waals surface area contributed by atoms with Crippen LogP contribution in [0.2, 0.25) is 0 Å². The van der Waals surface area contributed by atoms with Crippen LogP contribution in [0.1, 0.15) is 27.6 Å². The number of esters is 2. The largest absolute Gasteiger partial charge is 0.505 e. The van der Waals surface area contributed by atoms with E-state index < -0.39 is 49.6 Å². The van der Waals surface area contributed by atoms with Crippen LogP contribution in [0, 0.1) is 0 Å². The lowest BCUT2D eigenvalue weighted by atomic mass is 10.1. The van der Waals surface area contributed by atoms with E-state index in [-0.39, 0.29) is 154 Å². The van der Waals surface area contributed by atoms with Crippen molar-refractivity contribution in [2.45, 2.75) is 26.5 Å². The average Bonchev–Trinajstić information content (AvgIpc) is 0.760. The van der Waals surface area contributed by atoms with Crippen molar-refractivity contribution < 1.29 is 98.0 Å². The number of amides is 1. The lowest BCUT2D eigenvalue weighted by molar-refractivity contribution is -0.447. The zero-order valence-electron chi connectivity index (χ0n) is 55.4. The van der Waals surface area contributed by atoms with Gasteiger partial charge in [0.15, 0.2) is 11.5 Å². The maximum Gasteiger partial charge on any atom is 0.337 e. The number of azo groups is 2. The fraction of sp³-hybridized carbons (Fsp3) is 0.159. The topological polar surface area (TPSA) is 504 Å². The summed E-state index contributed by atoms with van der Waals surface area (Å²) < 4.78 is 83.1. The smallest absolute Gasteiger partial charge is 0.337 e. The molecular weight excluding hydrogens is 1460 g/mol. The number of benzene rings is 8. The van der Waals surface area contributed by atoms with Crippen molar-refractivity contribution in [3.05, 3.63) is 145 Å². The number of nitrogens with one attached hydrogen (secondary N) is 7. The number of aromatic hydroxyl groups is 2. The second kappa shape index (κ2) is 35.1. The van der Waals surface area contributed by atoms with Gasteiger partial charge in [-0.05, 0) is 126 Å². The second-order valence-electron chi connectivity index (χ2n) is 20.9. The molecule has 0 aliphatic rings. The van der Waals surface area contributed by atoms with Crippen molar-refractivity contribution in [1.29, 1.82) is 0 Å². The van der Waals surface area contributed by atoms with Crippen LogP contribution in [0.15, 0.2) is 173 Å². The van der Waals surface area contributed by atoms with E-state index in [4.69, 9.17) is 26.5 Å². The number of carbonyl (C=O) groups is 3. The van der Waals surface area contributed by atoms with E-state index in [2.05, 4.69) is 107 Å². The van der Waals surface area contributed by atoms with Crippen LogP contribution in [-0.2, 0) is 66.7 Å². The molecule has 38 nitrogen and oxygen atoms in total. The summed E-state index contributed by atoms with van der Waals surface area (Å²) in [6.45, 7) is 0.524. The molecule has 546 valence electrons. The maximum atomic E-state index is 13.7. The predicted molar refractivity (Wildman–Crippen MR) is 378 cm³/mol. The van der Waals surface area contributed by atoms with Gasteiger partial charge < -0.3 is 67.1 Å². The Hall–Kier alpha value is -11.5. The van der Waals surface area contributed by atoms with E-state index in [1.54, 1.807) is 48.5 Å². The summed E-state index contributed by atoms with van der Waals surface area (Å²) in [6.07, 6.45) is 0. The number of hydrogen-bond donors (Lipinski definition) is 11. The first-order chi connectivity index (χ1) is 50.6. The van der Waals surface area contributed by atoms with Crippen LogP contribution in [0.3, 0.4) is 0 Å². The van der Waals surface area contributed by atoms with Crippen molar-refractivity contribution in [2.24, 2.45) is 20.5 Å². The van der Waals surface area contributed by atoms with Gasteiger partial charge in [-0.1, -0.05) is 22.2 Å². The zero-order chi connectivity index (χ0) is 74.8. The average molecular weight is 1520 g/mol. The van der Waals surface area contributed by atoms with Crippen LogP contribution in [0.5, 0.6) is 17.2 Å². The summed E-state index contributed by atoms with van der Waals surface area (Å²) in [5.74, 6) is -3.44. The van der Waals surface area contributed by atoms with E-state index in [1.165, 1.54) is 101 Å². The monoisotopic (exact) mass is 1520 g/mol. The van der Waals surface area contributed by atoms with Gasteiger partial charge >= 0.3 is 11.9 Å². The summed E-state index contributed by atoms with van der Waals surface area (Å²) in [7, 11) is -3.37. The lowest BCUT2D eigenvalue weighted by Crippen LogP contribution is -2.13. The van der Waals surface area contributed by atoms with Crippen molar-refractivity contribution in [3.8, 4) is 17.2 Å². The molecule has 0 bridgehead atoms. The van der Waals surface area contributed by atoms with Crippen LogP contribution >= 0.6 is 24.1 Å². The molecule has 0 aliphatic heterocycles. The number of nitrogens with zero attached hydrogens (tertiary/aromatic N) is 10. The first-order valence-corrected chi connectivity index (χ1v) is 34.4. The van der Waals surface area contributed by atoms with Crippen LogP contribution < -0.4 is 42.0 Å². The minimum absolute atomic E-state index is 0.0155. The number of rotatable bonds is 34. The molecule has 0 atom stereocenters. The number of aromatic nitrogens is 6. The van der Waals surface area contributed by atoms with Gasteiger partial charge in [-0.25, -0.2) is 14.6 Å². The summed E-state index contributed by atoms with van der Waals surface area (Å²) in [5, 5.41) is 90.6. The fourth-order valence-corrected chi connectivity index (χ4v) is 11.9. The highest BCUT2D eigenvalue weighted by molar-refractivity contribution is 7.95. The van der Waals surface area contributed by atoms with Crippen molar-refractivity contribution in [1.82, 2.24) is 29.9 Å². The highest BCUT2D eigenvalue weighted by Gasteiger charge is 2.27. The van der Waals surface area contributed by atoms with Crippen molar-refractivity contribution >= 4 is 171 Å². The number of anilines is 11. The molecule has 0 aliphatic carbocycles. The molecule has 0 unspecified atom stereocenters. The molecule has 8 aromatic carbocycles. The Bertz CT molecular complexity index is 5170. The summed E-state index contributed by atoms with van der Waals surface area (Å²) in [6, 6.07) is 32.1. The third-order valence-corrected chi connectivity index (χ3v) is 17.7. The molecule has 0 saturated heterocycles. The highest BCUT2D eigenvalue weighted by atomic mass is 32.2. The highest BCUT2D eigenvalue weighted by Crippen LogP contribution is 2.50.